The van der Waals surface area contributed by atoms with Crippen molar-refractivity contribution in [2.24, 2.45) is 0 Å². The molecule has 0 atom stereocenters. The molecule has 5 nitrogen and oxygen atoms in total. The topological polar surface area (TPSA) is 43.7 Å². The lowest BCUT2D eigenvalue weighted by Gasteiger charge is -2.45. The minimum absolute atomic E-state index is 0.150. The van der Waals surface area contributed by atoms with Crippen molar-refractivity contribution in [1.29, 1.82) is 0 Å². The van der Waals surface area contributed by atoms with Gasteiger partial charge in [-0.3, -0.25) is 4.79 Å². The smallest absolute Gasteiger partial charge is 0.257 e. The van der Waals surface area contributed by atoms with Gasteiger partial charge in [-0.1, -0.05) is 12.1 Å². The molecule has 3 aromatic rings. The standard InChI is InChI=1S/C23H21FN2O3/c1-28-20-15-16(24)8-9-17(20)22(27)25-13-10-23(11-14-25)21-7-4-12-26(21)18-5-2-3-6-19(18)29-23/h2-9,12,15H,10-11,13-14H2,1H3. The summed E-state index contributed by atoms with van der Waals surface area (Å²) >= 11 is 0. The highest BCUT2D eigenvalue weighted by Crippen LogP contribution is 2.45. The van der Waals surface area contributed by atoms with Crippen LogP contribution in [0.2, 0.25) is 0 Å². The fourth-order valence-corrected chi connectivity index (χ4v) is 4.41. The van der Waals surface area contributed by atoms with Crippen LogP contribution in [0.25, 0.3) is 5.69 Å². The van der Waals surface area contributed by atoms with Gasteiger partial charge in [0.1, 0.15) is 17.3 Å². The molecular weight excluding hydrogens is 371 g/mol. The number of ether oxygens (including phenoxy) is 2. The van der Waals surface area contributed by atoms with E-state index in [9.17, 15) is 9.18 Å². The molecule has 2 aliphatic rings. The first kappa shape index (κ1) is 17.8. The van der Waals surface area contributed by atoms with Crippen LogP contribution in [-0.2, 0) is 5.60 Å². The highest BCUT2D eigenvalue weighted by Gasteiger charge is 2.44. The molecule has 0 radical (unpaired) electrons. The predicted octanol–water partition coefficient (Wildman–Crippen LogP) is 4.15. The first-order valence-electron chi connectivity index (χ1n) is 9.70. The summed E-state index contributed by atoms with van der Waals surface area (Å²) < 4.78 is 27.4. The lowest BCUT2D eigenvalue weighted by molar-refractivity contribution is -0.00937. The van der Waals surface area contributed by atoms with Gasteiger partial charge in [0.15, 0.2) is 5.60 Å². The second-order valence-electron chi connectivity index (χ2n) is 7.46. The number of nitrogens with zero attached hydrogens (tertiary/aromatic N) is 2. The Hall–Kier alpha value is -3.28. The van der Waals surface area contributed by atoms with Gasteiger partial charge in [-0.05, 0) is 36.4 Å². The third-order valence-electron chi connectivity index (χ3n) is 5.90. The third-order valence-corrected chi connectivity index (χ3v) is 5.90. The fourth-order valence-electron chi connectivity index (χ4n) is 4.41. The summed E-state index contributed by atoms with van der Waals surface area (Å²) in [6, 6.07) is 16.1. The van der Waals surface area contributed by atoms with E-state index in [2.05, 4.69) is 16.8 Å². The average molecular weight is 392 g/mol. The minimum atomic E-state index is -0.457. The molecule has 0 bridgehead atoms. The quantitative estimate of drug-likeness (QED) is 0.658. The molecule has 1 aromatic heterocycles. The Labute approximate surface area is 168 Å². The summed E-state index contributed by atoms with van der Waals surface area (Å²) in [5.41, 5.74) is 2.07. The van der Waals surface area contributed by atoms with Crippen LogP contribution in [0, 0.1) is 5.82 Å². The van der Waals surface area contributed by atoms with E-state index >= 15 is 0 Å². The van der Waals surface area contributed by atoms with Crippen LogP contribution in [0.4, 0.5) is 4.39 Å². The molecule has 0 unspecified atom stereocenters. The summed E-state index contributed by atoms with van der Waals surface area (Å²) in [6.07, 6.45) is 3.42. The number of carbonyl (C=O) groups excluding carboxylic acids is 1. The molecule has 1 spiro atoms. The number of rotatable bonds is 2. The van der Waals surface area contributed by atoms with Gasteiger partial charge in [-0.15, -0.1) is 0 Å². The van der Waals surface area contributed by atoms with Gasteiger partial charge in [0.2, 0.25) is 0 Å². The second-order valence-corrected chi connectivity index (χ2v) is 7.46. The molecule has 3 heterocycles. The summed E-state index contributed by atoms with van der Waals surface area (Å²) in [6.45, 7) is 1.10. The van der Waals surface area contributed by atoms with Gasteiger partial charge in [0.25, 0.3) is 5.91 Å². The van der Waals surface area contributed by atoms with Crippen LogP contribution in [0.1, 0.15) is 28.9 Å². The number of benzene rings is 2. The van der Waals surface area contributed by atoms with E-state index in [0.717, 1.165) is 17.1 Å². The van der Waals surface area contributed by atoms with Gasteiger partial charge >= 0.3 is 0 Å². The van der Waals surface area contributed by atoms with E-state index in [1.54, 1.807) is 4.90 Å². The maximum Gasteiger partial charge on any atom is 0.257 e. The Morgan fingerprint density at radius 1 is 1.10 bits per heavy atom. The molecule has 0 N–H and O–H groups in total. The summed E-state index contributed by atoms with van der Waals surface area (Å²) in [5.74, 6) is 0.539. The lowest BCUT2D eigenvalue weighted by atomic mass is 9.86. The van der Waals surface area contributed by atoms with E-state index < -0.39 is 11.4 Å². The van der Waals surface area contributed by atoms with Gasteiger partial charge in [-0.2, -0.15) is 0 Å². The molecule has 0 aliphatic carbocycles. The molecular formula is C23H21FN2O3. The number of fused-ring (bicyclic) bond motifs is 4. The zero-order chi connectivity index (χ0) is 20.0. The molecule has 1 saturated heterocycles. The Morgan fingerprint density at radius 3 is 2.69 bits per heavy atom. The Balaban J connectivity index is 1.41. The van der Waals surface area contributed by atoms with Crippen LogP contribution in [0.15, 0.2) is 60.8 Å². The van der Waals surface area contributed by atoms with Crippen molar-refractivity contribution in [2.75, 3.05) is 20.2 Å². The van der Waals surface area contributed by atoms with Crippen molar-refractivity contribution >= 4 is 5.91 Å². The highest BCUT2D eigenvalue weighted by molar-refractivity contribution is 5.97. The van der Waals surface area contributed by atoms with Crippen molar-refractivity contribution in [3.63, 3.8) is 0 Å². The Kier molecular flexibility index (Phi) is 4.08. The molecule has 6 heteroatoms. The predicted molar refractivity (Wildman–Crippen MR) is 106 cm³/mol. The maximum atomic E-state index is 13.5. The van der Waals surface area contributed by atoms with Crippen molar-refractivity contribution < 1.29 is 18.7 Å². The summed E-state index contributed by atoms with van der Waals surface area (Å²) in [4.78, 5) is 14.8. The van der Waals surface area contributed by atoms with E-state index in [4.69, 9.17) is 9.47 Å². The molecule has 148 valence electrons. The van der Waals surface area contributed by atoms with Crippen LogP contribution in [0.5, 0.6) is 11.5 Å². The van der Waals surface area contributed by atoms with Gasteiger partial charge < -0.3 is 18.9 Å². The third kappa shape index (κ3) is 2.78. The van der Waals surface area contributed by atoms with Crippen LogP contribution >= 0.6 is 0 Å². The van der Waals surface area contributed by atoms with Crippen molar-refractivity contribution in [3.8, 4) is 17.2 Å². The lowest BCUT2D eigenvalue weighted by Crippen LogP contribution is -2.50. The first-order chi connectivity index (χ1) is 14.1. The van der Waals surface area contributed by atoms with E-state index in [1.807, 2.05) is 30.3 Å². The van der Waals surface area contributed by atoms with Gasteiger partial charge in [0.05, 0.1) is 24.1 Å². The van der Waals surface area contributed by atoms with Crippen molar-refractivity contribution in [3.05, 3.63) is 77.9 Å². The molecule has 2 aromatic carbocycles. The molecule has 1 fully saturated rings. The number of likely N-dealkylation sites (tertiary alicyclic amines) is 1. The molecule has 0 saturated carbocycles. The maximum absolute atomic E-state index is 13.5. The van der Waals surface area contributed by atoms with Crippen molar-refractivity contribution in [1.82, 2.24) is 9.47 Å². The number of hydrogen-bond acceptors (Lipinski definition) is 3. The number of piperidine rings is 1. The monoisotopic (exact) mass is 392 g/mol. The number of hydrogen-bond donors (Lipinski definition) is 0. The first-order valence-corrected chi connectivity index (χ1v) is 9.70. The Bertz CT molecular complexity index is 1080. The largest absolute Gasteiger partial charge is 0.496 e. The van der Waals surface area contributed by atoms with Crippen molar-refractivity contribution in [2.45, 2.75) is 18.4 Å². The van der Waals surface area contributed by atoms with Crippen LogP contribution in [-0.4, -0.2) is 35.6 Å². The minimum Gasteiger partial charge on any atom is -0.496 e. The second kappa shape index (κ2) is 6.65. The number of para-hydroxylation sites is 2. The number of amides is 1. The van der Waals surface area contributed by atoms with E-state index in [0.29, 0.717) is 31.5 Å². The summed E-state index contributed by atoms with van der Waals surface area (Å²) in [5, 5.41) is 0. The zero-order valence-corrected chi connectivity index (χ0v) is 16.1. The number of halogens is 1. The molecule has 1 amide bonds. The van der Waals surface area contributed by atoms with E-state index in [1.165, 1.54) is 25.3 Å². The van der Waals surface area contributed by atoms with Crippen LogP contribution < -0.4 is 9.47 Å². The van der Waals surface area contributed by atoms with Gasteiger partial charge in [0, 0.05) is 38.2 Å². The number of methoxy groups -OCH3 is 1. The zero-order valence-electron chi connectivity index (χ0n) is 16.1. The van der Waals surface area contributed by atoms with Gasteiger partial charge in [-0.25, -0.2) is 4.39 Å². The molecule has 2 aliphatic heterocycles. The van der Waals surface area contributed by atoms with E-state index in [-0.39, 0.29) is 11.7 Å². The fraction of sp³-hybridized carbons (Fsp3) is 0.261. The number of aromatic nitrogens is 1. The SMILES string of the molecule is COc1cc(F)ccc1C(=O)N1CCC2(CC1)Oc1ccccc1-n1cccc12. The molecule has 5 rings (SSSR count). The Morgan fingerprint density at radius 2 is 1.90 bits per heavy atom. The summed E-state index contributed by atoms with van der Waals surface area (Å²) in [7, 11) is 1.44. The normalized spacial score (nSPS) is 16.7. The van der Waals surface area contributed by atoms with Crippen LogP contribution in [0.3, 0.4) is 0 Å². The average Bonchev–Trinajstić information content (AvgIpc) is 3.25. The highest BCUT2D eigenvalue weighted by atomic mass is 19.1. The molecule has 29 heavy (non-hydrogen) atoms. The number of carbonyl (C=O) groups is 1.